The molecule has 124 heavy (non-hydrogen) atoms. The highest BCUT2D eigenvalue weighted by molar-refractivity contribution is 9.11. The largest absolute Gasteiger partial charge is 0.873 e. The Balaban J connectivity index is 0.000000116. The van der Waals surface area contributed by atoms with Crippen LogP contribution in [0.2, 0.25) is 0 Å². The van der Waals surface area contributed by atoms with E-state index in [0.29, 0.717) is 30.8 Å². The number of aromatic amines is 3. The van der Waals surface area contributed by atoms with E-state index in [9.17, 15) is 24.0 Å². The number of rotatable bonds is 8. The average Bonchev–Trinajstić information content (AvgIpc) is 1.45. The van der Waals surface area contributed by atoms with Crippen molar-refractivity contribution in [1.29, 1.82) is 0 Å². The third-order valence-corrected chi connectivity index (χ3v) is 23.5. The van der Waals surface area contributed by atoms with Crippen molar-refractivity contribution >= 4 is 142 Å². The minimum atomic E-state index is -0.718. The van der Waals surface area contributed by atoms with E-state index in [2.05, 4.69) is 137 Å². The van der Waals surface area contributed by atoms with Crippen LogP contribution < -0.4 is 9.91 Å². The van der Waals surface area contributed by atoms with Gasteiger partial charge in [0, 0.05) is 169 Å². The highest BCUT2D eigenvalue weighted by atomic mass is 79.9. The molecule has 6 aliphatic rings. The lowest BCUT2D eigenvalue weighted by Crippen LogP contribution is -2.61. The van der Waals surface area contributed by atoms with Crippen LogP contribution in [-0.4, -0.2) is 139 Å². The van der Waals surface area contributed by atoms with Gasteiger partial charge in [-0.05, 0) is 190 Å². The van der Waals surface area contributed by atoms with Gasteiger partial charge in [-0.2, -0.15) is 25.5 Å². The van der Waals surface area contributed by atoms with Gasteiger partial charge in [0.1, 0.15) is 11.1 Å². The number of ether oxygens (including phenoxy) is 3. The Morgan fingerprint density at radius 3 is 1.72 bits per heavy atom. The highest BCUT2D eigenvalue weighted by Crippen LogP contribution is 2.49. The van der Waals surface area contributed by atoms with Gasteiger partial charge in [-0.1, -0.05) is 87.3 Å². The van der Waals surface area contributed by atoms with Crippen molar-refractivity contribution in [3.63, 3.8) is 0 Å². The SMILES string of the molecule is COB(OC)[n+]1cc2ccccc2n1C(=O)OC(C)(C)C.Cn1ncc2c1CCC(Br)=C2.Cn1ncc2c1CCC(c1cc3ccccc3[nH]1)=C2.Cn1ncc2c1CCCC2=O.Cn1ncc2c1CCc1c-2c2c(c3c1[nH]c1ccccc13)CNC2=O.[C-]#[N+]/C=C\C(=O)OCC.[C-]#[N+]c1c(C(=O)OCC)c2c(c3[nH]c4ccccc4c13)CCc1c-2cnn1C. The van der Waals surface area contributed by atoms with Gasteiger partial charge in [-0.25, -0.2) is 24.1 Å². The number of esters is 2. The third kappa shape index (κ3) is 16.9. The number of hydrogen-bond donors (Lipinski definition) is 4. The molecule has 0 radical (unpaired) electrons. The van der Waals surface area contributed by atoms with Crippen molar-refractivity contribution in [2.75, 3.05) is 27.4 Å². The summed E-state index contributed by atoms with van der Waals surface area (Å²) >= 11 is 3.49. The van der Waals surface area contributed by atoms with E-state index in [1.807, 2.05) is 148 Å². The number of allylic oxidation sites excluding steroid dienone is 2. The smallest absolute Gasteiger partial charge is 0.464 e. The number of carbonyl (C=O) groups excluding carboxylic acids is 5. The molecule has 1 amide bonds. The molecular formula is C94H95BBrN18O10+. The molecule has 1 aliphatic heterocycles. The molecule has 21 rings (SSSR count). The second-order valence-corrected chi connectivity index (χ2v) is 32.5. The lowest BCUT2D eigenvalue weighted by molar-refractivity contribution is -0.639. The van der Waals surface area contributed by atoms with Crippen LogP contribution in [0.15, 0.2) is 157 Å². The fourth-order valence-electron chi connectivity index (χ4n) is 17.3. The maximum atomic E-state index is 13.0. The maximum absolute atomic E-state index is 13.0. The standard InChI is InChI=1S/C22H18N4O2.C20H16N4O.C16H15N3.C14H20BN2O4.C8H9BrN2.C8H10N2O.C6H7NO2/c1-4-28-22(27)19-17-13(9-10-16-14(17)11-24-26(16)3)20-18(21(19)23-2)12-7-5-6-8-15(12)25-20;1-24-15-7-6-11-16(12(15)9-22-24)18-13(8-21-20(18)25)17-10-4-2-3-5-14(10)23-19(11)17;1-19-16-7-6-12(8-13(16)10-17-19)15-9-11-4-2-3-5-14(11)18-15;1-14(2,3)21-13(18)17-12-9-7-6-8-11(12)10-16(17)15(19-4)20-5;1-11-8-3-2-7(9)4-6(8)5-10-11;1-10-7-3-2-4-8(11)6(7)5-9-10;1-3-9-6(8)4-5-7-2/h5-8,11,25H,4,9-10H2,1,3H3;2-5,9,23H,6-8H2,1H3,(H,21,25);2-5,8-10,18H,6-7H2,1H3;6-10H,1-5H3;4-5H,2-3H2,1H3;5H,2-4H2,1H3;4-5H,3H2,1H3/q;;;+1;;;/b;;;;;;5-4-. The number of aromatic nitrogens is 15. The molecular weight excluding hydrogens is 1630 g/mol. The van der Waals surface area contributed by atoms with Crippen LogP contribution in [0, 0.1) is 13.1 Å². The van der Waals surface area contributed by atoms with E-state index in [-0.39, 0.29) is 18.3 Å². The van der Waals surface area contributed by atoms with Crippen LogP contribution in [0.25, 0.3) is 115 Å². The fourth-order valence-corrected chi connectivity index (χ4v) is 17.7. The molecule has 0 atom stereocenters. The number of nitrogens with zero attached hydrogens (tertiary/aromatic N) is 14. The summed E-state index contributed by atoms with van der Waals surface area (Å²) in [5.74, 6) is -0.628. The van der Waals surface area contributed by atoms with Crippen LogP contribution in [0.1, 0.15) is 153 Å². The quantitative estimate of drug-likeness (QED) is 0.0361. The molecule has 0 fully saturated rings. The number of carbonyl (C=O) groups is 5. The molecule has 630 valence electrons. The summed E-state index contributed by atoms with van der Waals surface area (Å²) in [6, 6.07) is 34.4. The van der Waals surface area contributed by atoms with E-state index in [0.717, 1.165) is 171 Å². The van der Waals surface area contributed by atoms with Crippen molar-refractivity contribution in [3.05, 3.63) is 259 Å². The lowest BCUT2D eigenvalue weighted by Gasteiger charge is -2.22. The number of Topliss-reactive ketones (excluding diaryl/α,β-unsaturated/α-hetero) is 1. The van der Waals surface area contributed by atoms with Crippen molar-refractivity contribution in [2.45, 2.75) is 117 Å². The molecule has 0 bridgehead atoms. The number of aryl methyl sites for hydroxylation is 7. The zero-order valence-electron chi connectivity index (χ0n) is 71.3. The maximum Gasteiger partial charge on any atom is 0.873 e. The summed E-state index contributed by atoms with van der Waals surface area (Å²) in [6.07, 6.45) is 27.6. The van der Waals surface area contributed by atoms with Gasteiger partial charge in [0.05, 0.1) is 84.9 Å². The average molecular weight is 1730 g/mol. The Bertz CT molecular complexity index is 6850. The molecule has 28 nitrogen and oxygen atoms in total. The molecule has 6 aromatic carbocycles. The molecule has 10 heterocycles. The van der Waals surface area contributed by atoms with Crippen LogP contribution in [-0.2, 0) is 115 Å². The van der Waals surface area contributed by atoms with Gasteiger partial charge < -0.3 is 43.8 Å². The molecule has 5 aliphatic carbocycles. The molecule has 15 aromatic rings. The minimum absolute atomic E-state index is 0.0372. The second kappa shape index (κ2) is 36.5. The molecule has 0 spiro atoms. The molecule has 0 saturated carbocycles. The summed E-state index contributed by atoms with van der Waals surface area (Å²) in [4.78, 5) is 77.1. The predicted molar refractivity (Wildman–Crippen MR) is 482 cm³/mol. The van der Waals surface area contributed by atoms with Crippen molar-refractivity contribution in [1.82, 2.24) is 73.9 Å². The lowest BCUT2D eigenvalue weighted by atomic mass is 9.83. The van der Waals surface area contributed by atoms with Crippen molar-refractivity contribution in [2.24, 2.45) is 35.2 Å². The first kappa shape index (κ1) is 85.2. The van der Waals surface area contributed by atoms with Crippen LogP contribution in [0.3, 0.4) is 0 Å². The van der Waals surface area contributed by atoms with E-state index in [1.54, 1.807) is 41.7 Å². The van der Waals surface area contributed by atoms with Crippen molar-refractivity contribution < 1.29 is 52.1 Å². The Labute approximate surface area is 724 Å². The Morgan fingerprint density at radius 2 is 1.11 bits per heavy atom. The third-order valence-electron chi connectivity index (χ3n) is 22.9. The fraction of sp³-hybridized carbons (Fsp3) is 0.287. The van der Waals surface area contributed by atoms with Gasteiger partial charge in [-0.15, -0.1) is 4.59 Å². The molecule has 30 heteroatoms. The Morgan fingerprint density at radius 1 is 0.581 bits per heavy atom. The van der Waals surface area contributed by atoms with E-state index in [1.165, 1.54) is 95.6 Å². The minimum Gasteiger partial charge on any atom is -0.464 e. The zero-order valence-corrected chi connectivity index (χ0v) is 72.9. The van der Waals surface area contributed by atoms with E-state index < -0.39 is 30.9 Å². The number of fused-ring (bicyclic) bond motifs is 22. The van der Waals surface area contributed by atoms with Crippen molar-refractivity contribution in [3.8, 4) is 22.3 Å². The summed E-state index contributed by atoms with van der Waals surface area (Å²) < 4.78 is 39.6. The van der Waals surface area contributed by atoms with E-state index in [4.69, 9.17) is 31.9 Å². The van der Waals surface area contributed by atoms with Crippen LogP contribution in [0.5, 0.6) is 0 Å². The van der Waals surface area contributed by atoms with Gasteiger partial charge in [-0.3, -0.25) is 33.0 Å². The number of halogens is 1. The first-order chi connectivity index (χ1) is 59.9. The summed E-state index contributed by atoms with van der Waals surface area (Å²) in [5.41, 5.74) is 26.4. The summed E-state index contributed by atoms with van der Waals surface area (Å²) in [6.45, 7) is 24.3. The second-order valence-electron chi connectivity index (χ2n) is 31.5. The van der Waals surface area contributed by atoms with Gasteiger partial charge in [0.2, 0.25) is 5.69 Å². The Kier molecular flexibility index (Phi) is 25.1. The van der Waals surface area contributed by atoms with E-state index >= 15 is 0 Å². The number of nitrogens with one attached hydrogen (secondary N) is 4. The summed E-state index contributed by atoms with van der Waals surface area (Å²) in [5, 5.41) is 30.8. The van der Waals surface area contributed by atoms with Crippen LogP contribution in [0.4, 0.5) is 10.5 Å². The number of H-pyrrole nitrogens is 3. The number of para-hydroxylation sites is 4. The van der Waals surface area contributed by atoms with Gasteiger partial charge >= 0.3 is 25.3 Å². The summed E-state index contributed by atoms with van der Waals surface area (Å²) in [7, 11) is 12.1. The number of ketones is 1. The van der Waals surface area contributed by atoms with Gasteiger partial charge in [0.15, 0.2) is 18.2 Å². The predicted octanol–water partition coefficient (Wildman–Crippen LogP) is 16.9. The first-order valence-corrected chi connectivity index (χ1v) is 42.0. The normalized spacial score (nSPS) is 13.7. The number of benzene rings is 6. The first-order valence-electron chi connectivity index (χ1n) is 41.2. The highest BCUT2D eigenvalue weighted by Gasteiger charge is 2.42. The zero-order chi connectivity index (χ0) is 87.4. The number of hydrogen-bond acceptors (Lipinski definition) is 15. The molecule has 9 aromatic heterocycles. The monoisotopic (exact) mass is 1730 g/mol. The Hall–Kier alpha value is -13.8. The van der Waals surface area contributed by atoms with Crippen LogP contribution >= 0.6 is 15.9 Å². The molecule has 4 N–H and O–H groups in total. The topological polar surface area (TPSA) is 298 Å². The number of amides is 1. The molecule has 0 saturated heterocycles. The molecule has 0 unspecified atom stereocenters. The van der Waals surface area contributed by atoms with Gasteiger partial charge in [0.25, 0.3) is 5.91 Å².